The molecule has 3 rings (SSSR count). The van der Waals surface area contributed by atoms with Gasteiger partial charge in [0.25, 0.3) is 17.7 Å². The highest BCUT2D eigenvalue weighted by Gasteiger charge is 2.40. The maximum Gasteiger partial charge on any atom is 0.258 e. The zero-order valence-electron chi connectivity index (χ0n) is 23.5. The molecule has 1 heterocycles. The first-order valence-corrected chi connectivity index (χ1v) is 14.2. The molecule has 4 N–H and O–H groups in total. The summed E-state index contributed by atoms with van der Waals surface area (Å²) in [4.78, 5) is 53.0. The van der Waals surface area contributed by atoms with Gasteiger partial charge >= 0.3 is 0 Å². The Morgan fingerprint density at radius 1 is 1.10 bits per heavy atom. The molecule has 1 saturated heterocycles. The molecule has 0 aliphatic carbocycles. The quantitative estimate of drug-likeness (QED) is 0.341. The number of carbonyl (C=O) groups excluding carboxylic acids is 4. The Kier molecular flexibility index (Phi) is 10.6. The van der Waals surface area contributed by atoms with Crippen molar-refractivity contribution in [2.75, 3.05) is 25.3 Å². The third kappa shape index (κ3) is 8.22. The van der Waals surface area contributed by atoms with E-state index in [-0.39, 0.29) is 35.4 Å². The van der Waals surface area contributed by atoms with Gasteiger partial charge in [0.1, 0.15) is 11.8 Å². The van der Waals surface area contributed by atoms with Gasteiger partial charge in [0.05, 0.1) is 17.5 Å². The molecule has 1 aliphatic rings. The number of ether oxygens (including phenoxy) is 1. The van der Waals surface area contributed by atoms with Crippen molar-refractivity contribution in [2.45, 2.75) is 57.8 Å². The molecule has 4 amide bonds. The van der Waals surface area contributed by atoms with Crippen LogP contribution in [0.25, 0.3) is 0 Å². The first kappa shape index (κ1) is 31.0. The molecule has 3 atom stereocenters. The lowest BCUT2D eigenvalue weighted by Gasteiger charge is -2.31. The van der Waals surface area contributed by atoms with Gasteiger partial charge in [-0.05, 0) is 51.3 Å². The minimum absolute atomic E-state index is 0.174. The van der Waals surface area contributed by atoms with E-state index in [0.29, 0.717) is 11.3 Å². The normalized spacial score (nSPS) is 16.6. The Bertz CT molecular complexity index is 1220. The largest absolute Gasteiger partial charge is 0.483 e. The lowest BCUT2D eigenvalue weighted by Crippen LogP contribution is -2.58. The number of para-hydroxylation sites is 1. The Labute approximate surface area is 239 Å². The van der Waals surface area contributed by atoms with E-state index in [0.717, 1.165) is 5.56 Å². The van der Waals surface area contributed by atoms with E-state index in [2.05, 4.69) is 16.0 Å². The van der Waals surface area contributed by atoms with Crippen LogP contribution in [0.15, 0.2) is 48.5 Å². The van der Waals surface area contributed by atoms with Crippen molar-refractivity contribution in [3.8, 4) is 5.75 Å². The molecule has 10 nitrogen and oxygen atoms in total. The molecule has 11 heteroatoms. The zero-order valence-corrected chi connectivity index (χ0v) is 24.3. The third-order valence-corrected chi connectivity index (χ3v) is 7.29. The number of nitrogens with one attached hydrogen (secondary N) is 3. The van der Waals surface area contributed by atoms with Crippen LogP contribution in [0.3, 0.4) is 0 Å². The van der Waals surface area contributed by atoms with Crippen LogP contribution in [-0.4, -0.2) is 82.6 Å². The van der Waals surface area contributed by atoms with Crippen LogP contribution >= 0.6 is 11.8 Å². The molecular weight excluding hydrogens is 532 g/mol. The van der Waals surface area contributed by atoms with Crippen molar-refractivity contribution in [1.29, 1.82) is 0 Å². The van der Waals surface area contributed by atoms with Crippen molar-refractivity contribution < 1.29 is 29.0 Å². The molecule has 216 valence electrons. The van der Waals surface area contributed by atoms with Crippen LogP contribution in [0, 0.1) is 6.92 Å². The summed E-state index contributed by atoms with van der Waals surface area (Å²) in [6.45, 7) is 6.90. The summed E-state index contributed by atoms with van der Waals surface area (Å²) in [5, 5.41) is 19.4. The highest BCUT2D eigenvalue weighted by Crippen LogP contribution is 2.25. The molecule has 0 aromatic heterocycles. The average molecular weight is 571 g/mol. The molecule has 0 bridgehead atoms. The van der Waals surface area contributed by atoms with Crippen LogP contribution in [0.1, 0.15) is 42.3 Å². The number of benzene rings is 2. The minimum Gasteiger partial charge on any atom is -0.483 e. The summed E-state index contributed by atoms with van der Waals surface area (Å²) in [7, 11) is 1.50. The Hall–Kier alpha value is -3.57. The number of aryl methyl sites for hydroxylation is 1. The molecule has 2 aromatic rings. The number of rotatable bonds is 10. The summed E-state index contributed by atoms with van der Waals surface area (Å²) >= 11 is 1.43. The average Bonchev–Trinajstić information content (AvgIpc) is 3.40. The predicted octanol–water partition coefficient (Wildman–Crippen LogP) is 1.64. The smallest absolute Gasteiger partial charge is 0.258 e. The van der Waals surface area contributed by atoms with E-state index in [1.807, 2.05) is 51.1 Å². The van der Waals surface area contributed by atoms with Gasteiger partial charge in [-0.15, -0.1) is 11.8 Å². The van der Waals surface area contributed by atoms with Gasteiger partial charge < -0.3 is 30.7 Å². The van der Waals surface area contributed by atoms with Crippen LogP contribution in [0.4, 0.5) is 0 Å². The molecule has 1 fully saturated rings. The van der Waals surface area contributed by atoms with Crippen LogP contribution in [-0.2, 0) is 20.8 Å². The maximum atomic E-state index is 13.5. The number of aliphatic hydroxyl groups is 1. The molecule has 0 unspecified atom stereocenters. The molecule has 40 heavy (non-hydrogen) atoms. The van der Waals surface area contributed by atoms with Gasteiger partial charge in [0.15, 0.2) is 12.7 Å². The molecular formula is C29H38N4O6S. The SMILES string of the molecule is CNC(=O)c1cccc(C)c1OCC(=O)N[C@@H](Cc1ccccc1)[C@H](O)C(=O)N1CSC[C@H]1C(=O)NC(C)(C)C. The van der Waals surface area contributed by atoms with Gasteiger partial charge in [-0.25, -0.2) is 0 Å². The number of carbonyl (C=O) groups is 4. The summed E-state index contributed by atoms with van der Waals surface area (Å²) in [5.41, 5.74) is 1.30. The Balaban J connectivity index is 1.76. The van der Waals surface area contributed by atoms with Crippen LogP contribution in [0.5, 0.6) is 5.75 Å². The van der Waals surface area contributed by atoms with Crippen molar-refractivity contribution in [1.82, 2.24) is 20.9 Å². The number of hydrogen-bond donors (Lipinski definition) is 4. The van der Waals surface area contributed by atoms with Gasteiger partial charge in [0.2, 0.25) is 5.91 Å². The summed E-state index contributed by atoms with van der Waals surface area (Å²) in [6, 6.07) is 12.5. The first-order chi connectivity index (χ1) is 18.9. The first-order valence-electron chi connectivity index (χ1n) is 13.1. The monoisotopic (exact) mass is 570 g/mol. The van der Waals surface area contributed by atoms with Crippen molar-refractivity contribution in [3.63, 3.8) is 0 Å². The van der Waals surface area contributed by atoms with Crippen LogP contribution in [0.2, 0.25) is 0 Å². The second-order valence-corrected chi connectivity index (χ2v) is 11.7. The van der Waals surface area contributed by atoms with E-state index >= 15 is 0 Å². The van der Waals surface area contributed by atoms with E-state index in [4.69, 9.17) is 4.74 Å². The summed E-state index contributed by atoms with van der Waals surface area (Å²) in [5.74, 6) is -0.916. The highest BCUT2D eigenvalue weighted by atomic mass is 32.2. The molecule has 0 saturated carbocycles. The van der Waals surface area contributed by atoms with Crippen molar-refractivity contribution >= 4 is 35.4 Å². The van der Waals surface area contributed by atoms with E-state index in [9.17, 15) is 24.3 Å². The fourth-order valence-corrected chi connectivity index (χ4v) is 5.49. The number of hydrogen-bond acceptors (Lipinski definition) is 7. The van der Waals surface area contributed by atoms with Gasteiger partial charge in [-0.2, -0.15) is 0 Å². The topological polar surface area (TPSA) is 137 Å². The second-order valence-electron chi connectivity index (χ2n) is 10.7. The highest BCUT2D eigenvalue weighted by molar-refractivity contribution is 7.99. The van der Waals surface area contributed by atoms with Crippen molar-refractivity contribution in [3.05, 3.63) is 65.2 Å². The Morgan fingerprint density at radius 3 is 2.45 bits per heavy atom. The zero-order chi connectivity index (χ0) is 29.4. The van der Waals surface area contributed by atoms with Gasteiger partial charge in [-0.3, -0.25) is 19.2 Å². The van der Waals surface area contributed by atoms with Gasteiger partial charge in [-0.1, -0.05) is 42.5 Å². The lowest BCUT2D eigenvalue weighted by atomic mass is 9.99. The fourth-order valence-electron chi connectivity index (χ4n) is 4.33. The van der Waals surface area contributed by atoms with E-state index in [1.54, 1.807) is 25.1 Å². The molecule has 0 spiro atoms. The van der Waals surface area contributed by atoms with Crippen LogP contribution < -0.4 is 20.7 Å². The predicted molar refractivity (Wildman–Crippen MR) is 154 cm³/mol. The second kappa shape index (κ2) is 13.7. The standard InChI is InChI=1S/C29H38N4O6S/c1-18-10-9-13-20(26(36)30-5)25(18)39-15-23(34)31-21(14-19-11-7-6-8-12-19)24(35)28(38)33-17-40-16-22(33)27(37)32-29(2,3)4/h6-13,21-22,24,35H,14-17H2,1-5H3,(H,30,36)(H,31,34)(H,32,37)/t21-,22-,24-/m0/s1. The Morgan fingerprint density at radius 2 is 1.80 bits per heavy atom. The third-order valence-electron chi connectivity index (χ3n) is 6.28. The summed E-state index contributed by atoms with van der Waals surface area (Å²) in [6.07, 6.45) is -1.43. The lowest BCUT2D eigenvalue weighted by molar-refractivity contribution is -0.147. The summed E-state index contributed by atoms with van der Waals surface area (Å²) < 4.78 is 5.73. The molecule has 2 aromatic carbocycles. The van der Waals surface area contributed by atoms with Gasteiger partial charge in [0, 0.05) is 18.3 Å². The van der Waals surface area contributed by atoms with E-state index < -0.39 is 42.1 Å². The minimum atomic E-state index is -1.60. The van der Waals surface area contributed by atoms with E-state index in [1.165, 1.54) is 23.7 Å². The maximum absolute atomic E-state index is 13.5. The number of aliphatic hydroxyl groups excluding tert-OH is 1. The number of thioether (sulfide) groups is 1. The molecule has 0 radical (unpaired) electrons. The van der Waals surface area contributed by atoms with Crippen molar-refractivity contribution in [2.24, 2.45) is 0 Å². The fraction of sp³-hybridized carbons (Fsp3) is 0.448. The number of nitrogens with zero attached hydrogens (tertiary/aromatic N) is 1. The number of amides is 4. The molecule has 1 aliphatic heterocycles.